The van der Waals surface area contributed by atoms with Crippen molar-refractivity contribution in [2.75, 3.05) is 36.8 Å². The standard InChI is InChI=1S/C25H33N7OS/c1-18(2)33-23-8-5-4-7-21(23)32-13-9-19-16-31(17-22(19)32)12-6-14-34-25-29-28-24(30(25)3)20-15-26-10-11-27-20/h4-5,7-8,10-11,15,18-19,22H,6,9,12-14,16-17H2,1-3H3/t19-,22+/m1/s1. The summed E-state index contributed by atoms with van der Waals surface area (Å²) in [5.41, 5.74) is 2.00. The third kappa shape index (κ3) is 4.90. The molecule has 4 heterocycles. The summed E-state index contributed by atoms with van der Waals surface area (Å²) >= 11 is 1.76. The second-order valence-electron chi connectivity index (χ2n) is 9.36. The average Bonchev–Trinajstić information content (AvgIpc) is 3.52. The summed E-state index contributed by atoms with van der Waals surface area (Å²) in [4.78, 5) is 13.7. The first-order chi connectivity index (χ1) is 16.6. The molecule has 0 radical (unpaired) electrons. The van der Waals surface area contributed by atoms with Gasteiger partial charge in [0.25, 0.3) is 0 Å². The molecule has 2 fully saturated rings. The smallest absolute Gasteiger partial charge is 0.191 e. The first kappa shape index (κ1) is 23.1. The van der Waals surface area contributed by atoms with Crippen molar-refractivity contribution in [2.45, 2.75) is 44.0 Å². The number of hydrogen-bond acceptors (Lipinski definition) is 8. The number of benzene rings is 1. The molecule has 2 atom stereocenters. The summed E-state index contributed by atoms with van der Waals surface area (Å²) in [5.74, 6) is 3.53. The topological polar surface area (TPSA) is 72.2 Å². The van der Waals surface area contributed by atoms with E-state index in [4.69, 9.17) is 4.74 Å². The van der Waals surface area contributed by atoms with Gasteiger partial charge in [-0.05, 0) is 51.3 Å². The number of thioether (sulfide) groups is 1. The number of aromatic nitrogens is 5. The maximum Gasteiger partial charge on any atom is 0.191 e. The predicted octanol–water partition coefficient (Wildman–Crippen LogP) is 3.75. The van der Waals surface area contributed by atoms with Crippen molar-refractivity contribution in [3.63, 3.8) is 0 Å². The molecule has 0 aliphatic carbocycles. The van der Waals surface area contributed by atoms with Gasteiger partial charge in [0.1, 0.15) is 11.4 Å². The van der Waals surface area contributed by atoms with E-state index in [9.17, 15) is 0 Å². The molecule has 1 aromatic carbocycles. The molecular formula is C25H33N7OS. The van der Waals surface area contributed by atoms with E-state index in [2.05, 4.69) is 68.1 Å². The lowest BCUT2D eigenvalue weighted by Gasteiger charge is -2.29. The molecule has 3 aromatic rings. The second-order valence-corrected chi connectivity index (χ2v) is 10.4. The fourth-order valence-electron chi connectivity index (χ4n) is 5.11. The Hall–Kier alpha value is -2.65. The second kappa shape index (κ2) is 10.3. The Kier molecular flexibility index (Phi) is 7.01. The van der Waals surface area contributed by atoms with E-state index in [1.165, 1.54) is 18.7 Å². The van der Waals surface area contributed by atoms with Crippen molar-refractivity contribution in [3.05, 3.63) is 42.9 Å². The number of ether oxygens (including phenoxy) is 1. The zero-order valence-corrected chi connectivity index (χ0v) is 21.0. The summed E-state index contributed by atoms with van der Waals surface area (Å²) in [7, 11) is 1.99. The van der Waals surface area contributed by atoms with Crippen LogP contribution in [0.15, 0.2) is 48.0 Å². The number of fused-ring (bicyclic) bond motifs is 1. The maximum atomic E-state index is 6.12. The largest absolute Gasteiger partial charge is 0.489 e. The molecule has 2 aliphatic rings. The van der Waals surface area contributed by atoms with E-state index in [-0.39, 0.29) is 6.10 Å². The van der Waals surface area contributed by atoms with Crippen LogP contribution in [0.3, 0.4) is 0 Å². The Morgan fingerprint density at radius 3 is 2.85 bits per heavy atom. The molecule has 0 amide bonds. The van der Waals surface area contributed by atoms with Crippen molar-refractivity contribution in [1.29, 1.82) is 0 Å². The Bertz CT molecular complexity index is 1090. The van der Waals surface area contributed by atoms with Crippen LogP contribution >= 0.6 is 11.8 Å². The summed E-state index contributed by atoms with van der Waals surface area (Å²) in [6, 6.07) is 9.10. The molecule has 34 heavy (non-hydrogen) atoms. The highest BCUT2D eigenvalue weighted by Crippen LogP contribution is 2.39. The Labute approximate surface area is 205 Å². The Balaban J connectivity index is 1.13. The molecular weight excluding hydrogens is 446 g/mol. The van der Waals surface area contributed by atoms with E-state index in [0.717, 1.165) is 60.2 Å². The SMILES string of the molecule is CC(C)Oc1ccccc1N1CC[C@@H]2CN(CCCSc3nnc(-c4cnccn4)n3C)C[C@@H]21. The Morgan fingerprint density at radius 2 is 2.03 bits per heavy atom. The summed E-state index contributed by atoms with van der Waals surface area (Å²) in [6.07, 6.45) is 7.64. The van der Waals surface area contributed by atoms with Gasteiger partial charge in [-0.3, -0.25) is 4.98 Å². The van der Waals surface area contributed by atoms with Gasteiger partial charge in [0.15, 0.2) is 11.0 Å². The van der Waals surface area contributed by atoms with E-state index < -0.39 is 0 Å². The molecule has 180 valence electrons. The van der Waals surface area contributed by atoms with Crippen LogP contribution in [-0.4, -0.2) is 73.7 Å². The number of likely N-dealkylation sites (tertiary alicyclic amines) is 1. The average molecular weight is 480 g/mol. The fourth-order valence-corrected chi connectivity index (χ4v) is 5.94. The van der Waals surface area contributed by atoms with Gasteiger partial charge in [0.2, 0.25) is 0 Å². The number of hydrogen-bond donors (Lipinski definition) is 0. The minimum atomic E-state index is 0.183. The summed E-state index contributed by atoms with van der Waals surface area (Å²) in [6.45, 7) is 8.75. The van der Waals surface area contributed by atoms with Crippen molar-refractivity contribution >= 4 is 17.4 Å². The molecule has 8 nitrogen and oxygen atoms in total. The van der Waals surface area contributed by atoms with Gasteiger partial charge in [-0.25, -0.2) is 4.98 Å². The monoisotopic (exact) mass is 479 g/mol. The van der Waals surface area contributed by atoms with E-state index in [0.29, 0.717) is 6.04 Å². The van der Waals surface area contributed by atoms with Crippen LogP contribution in [0, 0.1) is 5.92 Å². The number of para-hydroxylation sites is 2. The van der Waals surface area contributed by atoms with Gasteiger partial charge in [-0.15, -0.1) is 10.2 Å². The summed E-state index contributed by atoms with van der Waals surface area (Å²) < 4.78 is 8.12. The molecule has 2 saturated heterocycles. The Morgan fingerprint density at radius 1 is 1.15 bits per heavy atom. The fraction of sp³-hybridized carbons (Fsp3) is 0.520. The zero-order chi connectivity index (χ0) is 23.5. The minimum Gasteiger partial charge on any atom is -0.489 e. The minimum absolute atomic E-state index is 0.183. The van der Waals surface area contributed by atoms with Gasteiger partial charge >= 0.3 is 0 Å². The van der Waals surface area contributed by atoms with E-state index in [1.54, 1.807) is 30.4 Å². The van der Waals surface area contributed by atoms with E-state index in [1.807, 2.05) is 11.6 Å². The highest BCUT2D eigenvalue weighted by molar-refractivity contribution is 7.99. The van der Waals surface area contributed by atoms with Crippen molar-refractivity contribution in [3.8, 4) is 17.3 Å². The zero-order valence-electron chi connectivity index (χ0n) is 20.2. The quantitative estimate of drug-likeness (QED) is 0.339. The van der Waals surface area contributed by atoms with E-state index >= 15 is 0 Å². The lowest BCUT2D eigenvalue weighted by molar-refractivity contribution is 0.242. The normalized spacial score (nSPS) is 20.3. The van der Waals surface area contributed by atoms with Gasteiger partial charge in [0.05, 0.1) is 18.0 Å². The van der Waals surface area contributed by atoms with Crippen LogP contribution in [0.2, 0.25) is 0 Å². The molecule has 5 rings (SSSR count). The van der Waals surface area contributed by atoms with Crippen LogP contribution in [0.5, 0.6) is 5.75 Å². The van der Waals surface area contributed by atoms with Crippen molar-refractivity contribution in [1.82, 2.24) is 29.6 Å². The van der Waals surface area contributed by atoms with Crippen LogP contribution < -0.4 is 9.64 Å². The predicted molar refractivity (Wildman–Crippen MR) is 135 cm³/mol. The van der Waals surface area contributed by atoms with Gasteiger partial charge in [-0.2, -0.15) is 0 Å². The lowest BCUT2D eigenvalue weighted by Crippen LogP contribution is -2.35. The lowest BCUT2D eigenvalue weighted by atomic mass is 10.0. The molecule has 0 bridgehead atoms. The molecule has 2 aliphatic heterocycles. The molecule has 9 heteroatoms. The number of anilines is 1. The van der Waals surface area contributed by atoms with Gasteiger partial charge < -0.3 is 19.1 Å². The van der Waals surface area contributed by atoms with Crippen LogP contribution in [0.1, 0.15) is 26.7 Å². The highest BCUT2D eigenvalue weighted by Gasteiger charge is 2.41. The summed E-state index contributed by atoms with van der Waals surface area (Å²) in [5, 5.41) is 9.59. The first-order valence-corrected chi connectivity index (χ1v) is 13.1. The van der Waals surface area contributed by atoms with Crippen molar-refractivity contribution < 1.29 is 4.74 Å². The van der Waals surface area contributed by atoms with Crippen LogP contribution in [0.25, 0.3) is 11.5 Å². The third-order valence-electron chi connectivity index (χ3n) is 6.64. The molecule has 0 unspecified atom stereocenters. The molecule has 2 aromatic heterocycles. The van der Waals surface area contributed by atoms with Gasteiger partial charge in [0, 0.05) is 50.9 Å². The molecule has 0 spiro atoms. The van der Waals surface area contributed by atoms with Crippen LogP contribution in [0.4, 0.5) is 5.69 Å². The first-order valence-electron chi connectivity index (χ1n) is 12.1. The maximum absolute atomic E-state index is 6.12. The highest BCUT2D eigenvalue weighted by atomic mass is 32.2. The molecule has 0 N–H and O–H groups in total. The third-order valence-corrected chi connectivity index (χ3v) is 7.74. The number of nitrogens with zero attached hydrogens (tertiary/aromatic N) is 7. The van der Waals surface area contributed by atoms with Crippen molar-refractivity contribution in [2.24, 2.45) is 13.0 Å². The van der Waals surface area contributed by atoms with Gasteiger partial charge in [-0.1, -0.05) is 23.9 Å². The van der Waals surface area contributed by atoms with Crippen LogP contribution in [-0.2, 0) is 7.05 Å². The molecule has 0 saturated carbocycles. The number of rotatable bonds is 9.